The van der Waals surface area contributed by atoms with Crippen LogP contribution >= 0.6 is 0 Å². The predicted molar refractivity (Wildman–Crippen MR) is 115 cm³/mol. The van der Waals surface area contributed by atoms with Gasteiger partial charge in [0.2, 0.25) is 0 Å². The molecule has 0 bridgehead atoms. The SMILES string of the molecule is CCCCCCCCCCCCn1cc[n+](C)c1CCCCCCCC. The Morgan fingerprint density at radius 3 is 1.65 bits per heavy atom. The van der Waals surface area contributed by atoms with Gasteiger partial charge in [0.15, 0.2) is 0 Å². The van der Waals surface area contributed by atoms with Crippen molar-refractivity contribution >= 4 is 0 Å². The van der Waals surface area contributed by atoms with E-state index in [9.17, 15) is 0 Å². The maximum Gasteiger partial charge on any atom is 0.256 e. The zero-order valence-electron chi connectivity index (χ0n) is 18.3. The van der Waals surface area contributed by atoms with Gasteiger partial charge >= 0.3 is 0 Å². The molecule has 1 aromatic rings. The second-order valence-corrected chi connectivity index (χ2v) is 8.22. The molecule has 0 aliphatic heterocycles. The Balaban J connectivity index is 2.08. The Hall–Kier alpha value is -0.790. The van der Waals surface area contributed by atoms with E-state index in [1.807, 2.05) is 0 Å². The minimum Gasteiger partial charge on any atom is -0.237 e. The smallest absolute Gasteiger partial charge is 0.237 e. The van der Waals surface area contributed by atoms with E-state index in [4.69, 9.17) is 0 Å². The lowest BCUT2D eigenvalue weighted by Gasteiger charge is -2.05. The quantitative estimate of drug-likeness (QED) is 0.194. The Kier molecular flexibility index (Phi) is 14.7. The molecule has 0 aliphatic rings. The summed E-state index contributed by atoms with van der Waals surface area (Å²) in [4.78, 5) is 0. The third-order valence-corrected chi connectivity index (χ3v) is 5.72. The van der Waals surface area contributed by atoms with Crippen LogP contribution in [-0.2, 0) is 20.0 Å². The van der Waals surface area contributed by atoms with Gasteiger partial charge in [0, 0.05) is 6.42 Å². The molecule has 0 aromatic carbocycles. The molecule has 0 atom stereocenters. The van der Waals surface area contributed by atoms with Crippen molar-refractivity contribution < 1.29 is 4.57 Å². The van der Waals surface area contributed by atoms with Crippen LogP contribution < -0.4 is 4.57 Å². The number of imidazole rings is 1. The highest BCUT2D eigenvalue weighted by Gasteiger charge is 2.13. The van der Waals surface area contributed by atoms with Gasteiger partial charge in [0.25, 0.3) is 5.82 Å². The van der Waals surface area contributed by atoms with Crippen molar-refractivity contribution in [1.29, 1.82) is 0 Å². The summed E-state index contributed by atoms with van der Waals surface area (Å²) >= 11 is 0. The van der Waals surface area contributed by atoms with Crippen LogP contribution in [0.25, 0.3) is 0 Å². The summed E-state index contributed by atoms with van der Waals surface area (Å²) in [5, 5.41) is 0. The van der Waals surface area contributed by atoms with Gasteiger partial charge in [-0.15, -0.1) is 0 Å². The molecule has 0 aliphatic carbocycles. The molecule has 0 amide bonds. The fourth-order valence-corrected chi connectivity index (χ4v) is 3.91. The molecule has 0 saturated carbocycles. The molecular weight excluding hydrogens is 316 g/mol. The summed E-state index contributed by atoms with van der Waals surface area (Å²) in [7, 11) is 2.21. The minimum absolute atomic E-state index is 1.21. The van der Waals surface area contributed by atoms with Crippen molar-refractivity contribution in [2.24, 2.45) is 7.05 Å². The van der Waals surface area contributed by atoms with Crippen LogP contribution in [0.4, 0.5) is 0 Å². The van der Waals surface area contributed by atoms with Gasteiger partial charge in [0.05, 0.1) is 13.6 Å². The summed E-state index contributed by atoms with van der Waals surface area (Å²) in [5.74, 6) is 1.52. The highest BCUT2D eigenvalue weighted by atomic mass is 15.1. The van der Waals surface area contributed by atoms with Crippen molar-refractivity contribution in [1.82, 2.24) is 4.57 Å². The van der Waals surface area contributed by atoms with Crippen LogP contribution in [-0.4, -0.2) is 4.57 Å². The predicted octanol–water partition coefficient (Wildman–Crippen LogP) is 7.14. The van der Waals surface area contributed by atoms with E-state index in [0.29, 0.717) is 0 Å². The summed E-state index contributed by atoms with van der Waals surface area (Å²) < 4.78 is 4.85. The monoisotopic (exact) mass is 363 g/mol. The Bertz CT molecular complexity index is 422. The van der Waals surface area contributed by atoms with Gasteiger partial charge < -0.3 is 0 Å². The zero-order chi connectivity index (χ0) is 18.9. The summed E-state index contributed by atoms with van der Waals surface area (Å²) in [6.45, 7) is 5.80. The number of hydrogen-bond acceptors (Lipinski definition) is 0. The fourth-order valence-electron chi connectivity index (χ4n) is 3.91. The van der Waals surface area contributed by atoms with Crippen LogP contribution in [0.5, 0.6) is 0 Å². The Labute approximate surface area is 164 Å². The number of rotatable bonds is 18. The molecule has 152 valence electrons. The molecule has 0 N–H and O–H groups in total. The molecule has 2 nitrogen and oxygen atoms in total. The molecule has 0 saturated heterocycles. The molecule has 0 unspecified atom stereocenters. The number of unbranched alkanes of at least 4 members (excludes halogenated alkanes) is 14. The lowest BCUT2D eigenvalue weighted by molar-refractivity contribution is -0.678. The van der Waals surface area contributed by atoms with E-state index in [0.717, 1.165) is 0 Å². The molecule has 0 fully saturated rings. The standard InChI is InChI=1S/C24H47N2/c1-4-6-8-10-12-13-14-15-17-19-21-26-23-22-25(3)24(26)20-18-16-11-9-7-5-2/h22-23H,4-21H2,1-3H3/q+1. The molecule has 1 heterocycles. The van der Waals surface area contributed by atoms with Gasteiger partial charge in [-0.05, 0) is 19.3 Å². The van der Waals surface area contributed by atoms with Crippen molar-refractivity contribution in [2.75, 3.05) is 0 Å². The number of aryl methyl sites for hydroxylation is 2. The van der Waals surface area contributed by atoms with E-state index < -0.39 is 0 Å². The Morgan fingerprint density at radius 2 is 1.12 bits per heavy atom. The van der Waals surface area contributed by atoms with Crippen LogP contribution in [0.15, 0.2) is 12.4 Å². The van der Waals surface area contributed by atoms with E-state index in [1.54, 1.807) is 0 Å². The third kappa shape index (κ3) is 11.0. The first-order chi connectivity index (χ1) is 12.8. The van der Waals surface area contributed by atoms with Crippen molar-refractivity contribution in [3.05, 3.63) is 18.2 Å². The van der Waals surface area contributed by atoms with Crippen molar-refractivity contribution in [3.63, 3.8) is 0 Å². The first-order valence-electron chi connectivity index (χ1n) is 11.8. The second kappa shape index (κ2) is 16.4. The topological polar surface area (TPSA) is 8.81 Å². The average molecular weight is 364 g/mol. The first kappa shape index (κ1) is 23.2. The maximum absolute atomic E-state index is 2.51. The third-order valence-electron chi connectivity index (χ3n) is 5.72. The lowest BCUT2D eigenvalue weighted by Crippen LogP contribution is -2.32. The highest BCUT2D eigenvalue weighted by Crippen LogP contribution is 2.12. The second-order valence-electron chi connectivity index (χ2n) is 8.22. The molecule has 0 radical (unpaired) electrons. The van der Waals surface area contributed by atoms with E-state index >= 15 is 0 Å². The Morgan fingerprint density at radius 1 is 0.654 bits per heavy atom. The molecule has 1 aromatic heterocycles. The normalized spacial score (nSPS) is 11.3. The van der Waals surface area contributed by atoms with Crippen molar-refractivity contribution in [3.8, 4) is 0 Å². The van der Waals surface area contributed by atoms with Gasteiger partial charge in [-0.25, -0.2) is 9.13 Å². The molecule has 0 spiro atoms. The molecule has 26 heavy (non-hydrogen) atoms. The largest absolute Gasteiger partial charge is 0.256 e. The minimum atomic E-state index is 1.21. The fraction of sp³-hybridized carbons (Fsp3) is 0.875. The zero-order valence-corrected chi connectivity index (χ0v) is 18.3. The number of aromatic nitrogens is 2. The van der Waals surface area contributed by atoms with Crippen LogP contribution in [0.1, 0.15) is 122 Å². The first-order valence-corrected chi connectivity index (χ1v) is 11.8. The summed E-state index contributed by atoms with van der Waals surface area (Å²) in [5.41, 5.74) is 0. The summed E-state index contributed by atoms with van der Waals surface area (Å²) in [6, 6.07) is 0. The average Bonchev–Trinajstić information content (AvgIpc) is 2.99. The molecule has 1 rings (SSSR count). The van der Waals surface area contributed by atoms with Gasteiger partial charge in [0.1, 0.15) is 12.4 Å². The lowest BCUT2D eigenvalue weighted by atomic mass is 10.1. The van der Waals surface area contributed by atoms with Crippen LogP contribution in [0.3, 0.4) is 0 Å². The van der Waals surface area contributed by atoms with Gasteiger partial charge in [-0.1, -0.05) is 97.3 Å². The van der Waals surface area contributed by atoms with Gasteiger partial charge in [-0.2, -0.15) is 0 Å². The van der Waals surface area contributed by atoms with E-state index in [1.165, 1.54) is 122 Å². The van der Waals surface area contributed by atoms with Crippen LogP contribution in [0.2, 0.25) is 0 Å². The van der Waals surface area contributed by atoms with E-state index in [2.05, 4.69) is 42.4 Å². The van der Waals surface area contributed by atoms with Crippen LogP contribution in [0, 0.1) is 0 Å². The number of hydrogen-bond donors (Lipinski definition) is 0. The van der Waals surface area contributed by atoms with Gasteiger partial charge in [-0.3, -0.25) is 0 Å². The number of nitrogens with zero attached hydrogens (tertiary/aromatic N) is 2. The highest BCUT2D eigenvalue weighted by molar-refractivity contribution is 4.84. The maximum atomic E-state index is 2.51. The summed E-state index contributed by atoms with van der Waals surface area (Å²) in [6.07, 6.45) is 28.3. The van der Waals surface area contributed by atoms with E-state index in [-0.39, 0.29) is 0 Å². The molecular formula is C24H47N2+. The molecule has 2 heteroatoms. The van der Waals surface area contributed by atoms with Crippen molar-refractivity contribution in [2.45, 2.75) is 130 Å².